The zero-order valence-corrected chi connectivity index (χ0v) is 11.9. The Labute approximate surface area is 120 Å². The molecule has 0 aromatic rings. The smallest absolute Gasteiger partial charge is 0.249 e. The number of carbonyl (C=O) groups is 1. The molecule has 0 bridgehead atoms. The van der Waals surface area contributed by atoms with Crippen LogP contribution in [0.25, 0.3) is 0 Å². The van der Waals surface area contributed by atoms with Crippen LogP contribution in [0.4, 0.5) is 0 Å². The monoisotopic (exact) mass is 283 g/mol. The number of rotatable bonds is 4. The van der Waals surface area contributed by atoms with Gasteiger partial charge >= 0.3 is 0 Å². The standard InChI is InChI=1S/C14H25N3O3/c15-6-11-3-4-13(20-11)14(18)16-7-12-8-17-5-1-2-10(17)9-19-12/h10-13H,1-9,15H2,(H,16,18). The highest BCUT2D eigenvalue weighted by molar-refractivity contribution is 5.81. The van der Waals surface area contributed by atoms with E-state index < -0.39 is 0 Å². The molecule has 3 fully saturated rings. The molecule has 0 radical (unpaired) electrons. The lowest BCUT2D eigenvalue weighted by Gasteiger charge is -2.35. The van der Waals surface area contributed by atoms with Gasteiger partial charge in [0.25, 0.3) is 0 Å². The normalized spacial score (nSPS) is 37.9. The quantitative estimate of drug-likeness (QED) is 0.725. The van der Waals surface area contributed by atoms with Crippen LogP contribution in [0.5, 0.6) is 0 Å². The van der Waals surface area contributed by atoms with Crippen LogP contribution in [-0.4, -0.2) is 67.9 Å². The molecular weight excluding hydrogens is 258 g/mol. The van der Waals surface area contributed by atoms with Crippen LogP contribution < -0.4 is 11.1 Å². The minimum atomic E-state index is -0.327. The molecule has 4 unspecified atom stereocenters. The van der Waals surface area contributed by atoms with E-state index >= 15 is 0 Å². The molecule has 0 aromatic carbocycles. The highest BCUT2D eigenvalue weighted by Gasteiger charge is 2.33. The van der Waals surface area contributed by atoms with E-state index in [2.05, 4.69) is 10.2 Å². The topological polar surface area (TPSA) is 76.8 Å². The van der Waals surface area contributed by atoms with Gasteiger partial charge in [0.1, 0.15) is 6.10 Å². The van der Waals surface area contributed by atoms with Crippen molar-refractivity contribution in [3.05, 3.63) is 0 Å². The third-order valence-electron chi connectivity index (χ3n) is 4.63. The van der Waals surface area contributed by atoms with Crippen molar-refractivity contribution >= 4 is 5.91 Å². The van der Waals surface area contributed by atoms with Gasteiger partial charge in [-0.05, 0) is 32.2 Å². The number of fused-ring (bicyclic) bond motifs is 1. The second kappa shape index (κ2) is 6.39. The summed E-state index contributed by atoms with van der Waals surface area (Å²) in [7, 11) is 0. The van der Waals surface area contributed by atoms with Crippen LogP contribution >= 0.6 is 0 Å². The number of nitrogens with two attached hydrogens (primary N) is 1. The van der Waals surface area contributed by atoms with Crippen molar-refractivity contribution in [1.82, 2.24) is 10.2 Å². The van der Waals surface area contributed by atoms with E-state index in [4.69, 9.17) is 15.2 Å². The first kappa shape index (κ1) is 14.3. The largest absolute Gasteiger partial charge is 0.373 e. The summed E-state index contributed by atoms with van der Waals surface area (Å²) < 4.78 is 11.4. The fourth-order valence-corrected chi connectivity index (χ4v) is 3.41. The number of carbonyl (C=O) groups excluding carboxylic acids is 1. The molecule has 114 valence electrons. The van der Waals surface area contributed by atoms with Gasteiger partial charge in [-0.1, -0.05) is 0 Å². The van der Waals surface area contributed by atoms with Gasteiger partial charge in [0.2, 0.25) is 5.91 Å². The Kier molecular flexibility index (Phi) is 4.55. The molecule has 3 heterocycles. The van der Waals surface area contributed by atoms with E-state index in [0.717, 1.165) is 26.0 Å². The molecule has 1 amide bonds. The molecule has 3 N–H and O–H groups in total. The average Bonchev–Trinajstić information content (AvgIpc) is 3.12. The van der Waals surface area contributed by atoms with Gasteiger partial charge in [-0.15, -0.1) is 0 Å². The molecule has 0 aromatic heterocycles. The van der Waals surface area contributed by atoms with E-state index in [9.17, 15) is 4.79 Å². The minimum Gasteiger partial charge on any atom is -0.373 e. The predicted octanol–water partition coefficient (Wildman–Crippen LogP) is -0.528. The van der Waals surface area contributed by atoms with Crippen molar-refractivity contribution < 1.29 is 14.3 Å². The molecule has 3 aliphatic rings. The average molecular weight is 283 g/mol. The fourth-order valence-electron chi connectivity index (χ4n) is 3.41. The number of hydrogen-bond acceptors (Lipinski definition) is 5. The van der Waals surface area contributed by atoms with Gasteiger partial charge in [0.05, 0.1) is 18.8 Å². The fraction of sp³-hybridized carbons (Fsp3) is 0.929. The van der Waals surface area contributed by atoms with Crippen molar-refractivity contribution in [3.63, 3.8) is 0 Å². The summed E-state index contributed by atoms with van der Waals surface area (Å²) in [5.41, 5.74) is 5.55. The van der Waals surface area contributed by atoms with Gasteiger partial charge in [-0.3, -0.25) is 9.69 Å². The van der Waals surface area contributed by atoms with Crippen LogP contribution in [0.3, 0.4) is 0 Å². The Hall–Kier alpha value is -0.690. The maximum absolute atomic E-state index is 12.0. The second-order valence-electron chi connectivity index (χ2n) is 6.05. The number of nitrogens with zero attached hydrogens (tertiary/aromatic N) is 1. The third kappa shape index (κ3) is 3.14. The molecule has 4 atom stereocenters. The molecule has 6 nitrogen and oxygen atoms in total. The van der Waals surface area contributed by atoms with Gasteiger partial charge in [-0.2, -0.15) is 0 Å². The van der Waals surface area contributed by atoms with Crippen molar-refractivity contribution in [1.29, 1.82) is 0 Å². The van der Waals surface area contributed by atoms with E-state index in [1.807, 2.05) is 0 Å². The molecular formula is C14H25N3O3. The van der Waals surface area contributed by atoms with Gasteiger partial charge in [0.15, 0.2) is 0 Å². The first-order valence-corrected chi connectivity index (χ1v) is 7.75. The van der Waals surface area contributed by atoms with E-state index in [-0.39, 0.29) is 24.2 Å². The van der Waals surface area contributed by atoms with Crippen molar-refractivity contribution in [2.24, 2.45) is 5.73 Å². The Morgan fingerprint density at radius 2 is 2.20 bits per heavy atom. The number of morpholine rings is 1. The molecule has 20 heavy (non-hydrogen) atoms. The number of nitrogens with one attached hydrogen (secondary N) is 1. The van der Waals surface area contributed by atoms with E-state index in [0.29, 0.717) is 19.1 Å². The van der Waals surface area contributed by atoms with Crippen LogP contribution in [-0.2, 0) is 14.3 Å². The third-order valence-corrected chi connectivity index (χ3v) is 4.63. The maximum atomic E-state index is 12.0. The zero-order chi connectivity index (χ0) is 13.9. The molecule has 3 rings (SSSR count). The lowest BCUT2D eigenvalue weighted by atomic mass is 10.1. The predicted molar refractivity (Wildman–Crippen MR) is 74.3 cm³/mol. The Bertz CT molecular complexity index is 353. The summed E-state index contributed by atoms with van der Waals surface area (Å²) >= 11 is 0. The zero-order valence-electron chi connectivity index (χ0n) is 11.9. The summed E-state index contributed by atoms with van der Waals surface area (Å²) in [6.07, 6.45) is 3.99. The number of ether oxygens (including phenoxy) is 2. The molecule has 6 heteroatoms. The van der Waals surface area contributed by atoms with E-state index in [1.165, 1.54) is 19.4 Å². The lowest BCUT2D eigenvalue weighted by molar-refractivity contribution is -0.133. The molecule has 0 aliphatic carbocycles. The van der Waals surface area contributed by atoms with Gasteiger partial charge in [-0.25, -0.2) is 0 Å². The van der Waals surface area contributed by atoms with Crippen LogP contribution in [0.15, 0.2) is 0 Å². The highest BCUT2D eigenvalue weighted by atomic mass is 16.5. The van der Waals surface area contributed by atoms with Crippen molar-refractivity contribution in [3.8, 4) is 0 Å². The van der Waals surface area contributed by atoms with Crippen LogP contribution in [0.2, 0.25) is 0 Å². The Balaban J connectivity index is 1.40. The second-order valence-corrected chi connectivity index (χ2v) is 6.05. The minimum absolute atomic E-state index is 0.0203. The van der Waals surface area contributed by atoms with Crippen LogP contribution in [0, 0.1) is 0 Å². The molecule has 0 saturated carbocycles. The van der Waals surface area contributed by atoms with Crippen LogP contribution in [0.1, 0.15) is 25.7 Å². The summed E-state index contributed by atoms with van der Waals surface area (Å²) in [6.45, 7) is 3.97. The molecule has 3 aliphatic heterocycles. The lowest BCUT2D eigenvalue weighted by Crippen LogP contribution is -2.51. The first-order chi connectivity index (χ1) is 9.76. The SMILES string of the molecule is NCC1CCC(C(=O)NCC2CN3CCCC3CO2)O1. The summed E-state index contributed by atoms with van der Waals surface area (Å²) in [6, 6.07) is 0.602. The summed E-state index contributed by atoms with van der Waals surface area (Å²) in [4.78, 5) is 14.5. The first-order valence-electron chi connectivity index (χ1n) is 7.75. The Morgan fingerprint density at radius 3 is 3.00 bits per heavy atom. The number of amides is 1. The number of hydrogen-bond donors (Lipinski definition) is 2. The summed E-state index contributed by atoms with van der Waals surface area (Å²) in [5.74, 6) is -0.0203. The van der Waals surface area contributed by atoms with Crippen molar-refractivity contribution in [2.75, 3.05) is 32.8 Å². The van der Waals surface area contributed by atoms with E-state index in [1.54, 1.807) is 0 Å². The molecule has 0 spiro atoms. The highest BCUT2D eigenvalue weighted by Crippen LogP contribution is 2.22. The van der Waals surface area contributed by atoms with Gasteiger partial charge in [0, 0.05) is 25.7 Å². The summed E-state index contributed by atoms with van der Waals surface area (Å²) in [5, 5.41) is 2.96. The maximum Gasteiger partial charge on any atom is 0.249 e. The Morgan fingerprint density at radius 1 is 1.30 bits per heavy atom. The molecule has 3 saturated heterocycles. The van der Waals surface area contributed by atoms with Crippen molar-refractivity contribution in [2.45, 2.75) is 50.0 Å². The van der Waals surface area contributed by atoms with Gasteiger partial charge < -0.3 is 20.5 Å².